The third kappa shape index (κ3) is 7.62. The van der Waals surface area contributed by atoms with Gasteiger partial charge in [0, 0.05) is 38.0 Å². The minimum absolute atomic E-state index is 0.0202. The molecule has 0 radical (unpaired) electrons. The molecule has 248 valence electrons. The molecule has 13 heteroatoms. The predicted molar refractivity (Wildman–Crippen MR) is 162 cm³/mol. The molecule has 2 aromatic heterocycles. The van der Waals surface area contributed by atoms with E-state index in [1.54, 1.807) is 6.20 Å². The van der Waals surface area contributed by atoms with E-state index < -0.39 is 42.6 Å². The van der Waals surface area contributed by atoms with Crippen LogP contribution < -0.4 is 10.6 Å². The van der Waals surface area contributed by atoms with Crippen molar-refractivity contribution in [1.29, 1.82) is 0 Å². The standard InChI is InChI=1S/C33H41F3N6O4/c1-20-7-9-22(10-8-20)29(40-32(44)46-19-21-5-3-2-4-6-21)27-18-42-31(38-27)39-28(23-11-13-45-14-12-23)26(41-42)16-24-15-25(33(34,35)36)17-37-30(24)43/h2-6,18,20,22-25,29H,7-17,19H2,1H3,(H,37,43)(H,40,44)/t20?,22?,24-,25-,29+/m1/s1. The van der Waals surface area contributed by atoms with Crippen molar-refractivity contribution in [2.24, 2.45) is 23.7 Å². The first-order chi connectivity index (χ1) is 22.1. The molecule has 2 N–H and O–H groups in total. The minimum atomic E-state index is -4.40. The van der Waals surface area contributed by atoms with E-state index in [1.807, 2.05) is 30.3 Å². The van der Waals surface area contributed by atoms with Crippen molar-refractivity contribution in [1.82, 2.24) is 30.2 Å². The Balaban J connectivity index is 1.30. The van der Waals surface area contributed by atoms with Crippen molar-refractivity contribution in [3.05, 3.63) is 59.2 Å². The monoisotopic (exact) mass is 642 g/mol. The Labute approximate surface area is 265 Å². The Morgan fingerprint density at radius 3 is 2.57 bits per heavy atom. The maximum Gasteiger partial charge on any atom is 0.408 e. The molecule has 0 spiro atoms. The van der Waals surface area contributed by atoms with Gasteiger partial charge in [-0.2, -0.15) is 18.3 Å². The van der Waals surface area contributed by atoms with Gasteiger partial charge in [-0.25, -0.2) is 19.3 Å². The SMILES string of the molecule is CC1CCC([C@H](NC(=O)OCc2ccccc2)c2cn3nc(C[C@H]4C[C@@H](C(F)(F)F)CNC4=O)c(C4CCOCC4)nc3n2)CC1. The van der Waals surface area contributed by atoms with Crippen molar-refractivity contribution < 1.29 is 32.2 Å². The van der Waals surface area contributed by atoms with Gasteiger partial charge < -0.3 is 20.1 Å². The molecule has 1 saturated carbocycles. The van der Waals surface area contributed by atoms with Crippen LogP contribution in [0, 0.1) is 23.7 Å². The van der Waals surface area contributed by atoms with Gasteiger partial charge in [-0.1, -0.05) is 50.1 Å². The van der Waals surface area contributed by atoms with Gasteiger partial charge in [0.2, 0.25) is 5.91 Å². The van der Waals surface area contributed by atoms with Crippen LogP contribution in [0.1, 0.15) is 86.5 Å². The summed E-state index contributed by atoms with van der Waals surface area (Å²) in [7, 11) is 0. The Kier molecular flexibility index (Phi) is 9.76. The van der Waals surface area contributed by atoms with Crippen LogP contribution in [0.4, 0.5) is 18.0 Å². The van der Waals surface area contributed by atoms with Crippen LogP contribution in [0.3, 0.4) is 0 Å². The van der Waals surface area contributed by atoms with E-state index in [0.29, 0.717) is 54.8 Å². The lowest BCUT2D eigenvalue weighted by molar-refractivity contribution is -0.183. The summed E-state index contributed by atoms with van der Waals surface area (Å²) in [6, 6.07) is 9.01. The molecule has 4 heterocycles. The topological polar surface area (TPSA) is 120 Å². The summed E-state index contributed by atoms with van der Waals surface area (Å²) in [6.07, 6.45) is 1.80. The first-order valence-electron chi connectivity index (χ1n) is 16.3. The van der Waals surface area contributed by atoms with E-state index in [-0.39, 0.29) is 31.3 Å². The Hall–Kier alpha value is -3.74. The number of ether oxygens (including phenoxy) is 2. The average Bonchev–Trinajstić information content (AvgIpc) is 3.47. The minimum Gasteiger partial charge on any atom is -0.445 e. The highest BCUT2D eigenvalue weighted by atomic mass is 19.4. The number of alkyl halides is 3. The first-order valence-corrected chi connectivity index (χ1v) is 16.3. The lowest BCUT2D eigenvalue weighted by Gasteiger charge is -2.32. The predicted octanol–water partition coefficient (Wildman–Crippen LogP) is 5.67. The molecule has 2 amide bonds. The molecule has 0 unspecified atom stereocenters. The fourth-order valence-electron chi connectivity index (χ4n) is 6.98. The summed E-state index contributed by atoms with van der Waals surface area (Å²) >= 11 is 0. The molecule has 3 fully saturated rings. The Morgan fingerprint density at radius 2 is 1.85 bits per heavy atom. The lowest BCUT2D eigenvalue weighted by Crippen LogP contribution is -2.47. The fraction of sp³-hybridized carbons (Fsp3) is 0.606. The number of fused-ring (bicyclic) bond motifs is 1. The number of hydrogen-bond acceptors (Lipinski definition) is 7. The first kappa shape index (κ1) is 32.2. The zero-order valence-electron chi connectivity index (χ0n) is 26.0. The number of hydrogen-bond donors (Lipinski definition) is 2. The number of carbonyl (C=O) groups excluding carboxylic acids is 2. The third-order valence-electron chi connectivity index (χ3n) is 9.74. The van der Waals surface area contributed by atoms with E-state index in [1.165, 1.54) is 4.52 Å². The lowest BCUT2D eigenvalue weighted by atomic mass is 9.78. The second-order valence-corrected chi connectivity index (χ2v) is 13.1. The van der Waals surface area contributed by atoms with Crippen LogP contribution in [0.25, 0.3) is 5.78 Å². The van der Waals surface area contributed by atoms with Gasteiger partial charge in [0.25, 0.3) is 5.78 Å². The van der Waals surface area contributed by atoms with Crippen LogP contribution in [0.5, 0.6) is 0 Å². The van der Waals surface area contributed by atoms with E-state index in [2.05, 4.69) is 17.6 Å². The summed E-state index contributed by atoms with van der Waals surface area (Å²) in [6.45, 7) is 3.02. The Bertz CT molecular complexity index is 1500. The number of rotatable bonds is 8. The number of nitrogens with zero attached hydrogens (tertiary/aromatic N) is 4. The number of halogens is 3. The second-order valence-electron chi connectivity index (χ2n) is 13.1. The molecule has 3 aliphatic rings. The van der Waals surface area contributed by atoms with Crippen molar-refractivity contribution in [3.8, 4) is 0 Å². The van der Waals surface area contributed by atoms with Gasteiger partial charge in [-0.15, -0.1) is 0 Å². The number of amides is 2. The summed E-state index contributed by atoms with van der Waals surface area (Å²) < 4.78 is 53.4. The van der Waals surface area contributed by atoms with Gasteiger partial charge in [-0.05, 0) is 49.5 Å². The summed E-state index contributed by atoms with van der Waals surface area (Å²) in [5.74, 6) is -1.84. The molecular formula is C33H41F3N6O4. The molecule has 1 aliphatic carbocycles. The molecule has 46 heavy (non-hydrogen) atoms. The number of aromatic nitrogens is 4. The van der Waals surface area contributed by atoms with Gasteiger partial charge in [0.15, 0.2) is 0 Å². The second kappa shape index (κ2) is 13.9. The summed E-state index contributed by atoms with van der Waals surface area (Å²) in [5.41, 5.74) is 2.61. The molecule has 0 bridgehead atoms. The van der Waals surface area contributed by atoms with Crippen LogP contribution in [0.2, 0.25) is 0 Å². The normalized spacial score (nSPS) is 25.2. The summed E-state index contributed by atoms with van der Waals surface area (Å²) in [4.78, 5) is 35.5. The van der Waals surface area contributed by atoms with Crippen LogP contribution in [0.15, 0.2) is 36.5 Å². The van der Waals surface area contributed by atoms with Gasteiger partial charge in [0.1, 0.15) is 6.61 Å². The van der Waals surface area contributed by atoms with Crippen molar-refractivity contribution in [3.63, 3.8) is 0 Å². The highest BCUT2D eigenvalue weighted by Gasteiger charge is 2.45. The van der Waals surface area contributed by atoms with Gasteiger partial charge >= 0.3 is 12.3 Å². The van der Waals surface area contributed by atoms with Crippen molar-refractivity contribution in [2.75, 3.05) is 19.8 Å². The molecule has 6 rings (SSSR count). The van der Waals surface area contributed by atoms with Crippen molar-refractivity contribution in [2.45, 2.75) is 83.0 Å². The molecule has 3 aromatic rings. The van der Waals surface area contributed by atoms with Crippen LogP contribution in [-0.4, -0.2) is 57.5 Å². The quantitative estimate of drug-likeness (QED) is 0.325. The Morgan fingerprint density at radius 1 is 1.11 bits per heavy atom. The molecule has 10 nitrogen and oxygen atoms in total. The van der Waals surface area contributed by atoms with E-state index in [4.69, 9.17) is 24.5 Å². The molecule has 2 saturated heterocycles. The maximum absolute atomic E-state index is 13.6. The fourth-order valence-corrected chi connectivity index (χ4v) is 6.98. The highest BCUT2D eigenvalue weighted by molar-refractivity contribution is 5.79. The molecule has 3 atom stereocenters. The van der Waals surface area contributed by atoms with E-state index in [0.717, 1.165) is 31.2 Å². The zero-order valence-corrected chi connectivity index (χ0v) is 26.0. The summed E-state index contributed by atoms with van der Waals surface area (Å²) in [5, 5.41) is 10.3. The smallest absolute Gasteiger partial charge is 0.408 e. The average molecular weight is 643 g/mol. The van der Waals surface area contributed by atoms with Gasteiger partial charge in [-0.3, -0.25) is 4.79 Å². The number of alkyl carbamates (subject to hydrolysis) is 1. The highest BCUT2D eigenvalue weighted by Crippen LogP contribution is 2.38. The molecule has 1 aromatic carbocycles. The zero-order chi connectivity index (χ0) is 32.3. The molecule has 2 aliphatic heterocycles. The number of imidazole rings is 1. The van der Waals surface area contributed by atoms with E-state index >= 15 is 0 Å². The van der Waals surface area contributed by atoms with Crippen molar-refractivity contribution >= 4 is 17.8 Å². The molecular weight excluding hydrogens is 601 g/mol. The maximum atomic E-state index is 13.6. The van der Waals surface area contributed by atoms with E-state index in [9.17, 15) is 22.8 Å². The van der Waals surface area contributed by atoms with Crippen LogP contribution >= 0.6 is 0 Å². The number of piperidine rings is 1. The van der Waals surface area contributed by atoms with Gasteiger partial charge in [0.05, 0.1) is 35.2 Å². The third-order valence-corrected chi connectivity index (χ3v) is 9.74. The number of benzene rings is 1. The largest absolute Gasteiger partial charge is 0.445 e. The number of carbonyl (C=O) groups is 2. The number of nitrogens with one attached hydrogen (secondary N) is 2. The van der Waals surface area contributed by atoms with Crippen LogP contribution in [-0.2, 0) is 27.3 Å².